The number of hydrogen-bond acceptors (Lipinski definition) is 7. The van der Waals surface area contributed by atoms with E-state index in [1.54, 1.807) is 0 Å². The van der Waals surface area contributed by atoms with E-state index in [0.29, 0.717) is 0 Å². The molecule has 0 aliphatic heterocycles. The predicted octanol–water partition coefficient (Wildman–Crippen LogP) is 0.00110. The van der Waals surface area contributed by atoms with Crippen LogP contribution in [0.5, 0.6) is 0 Å². The summed E-state index contributed by atoms with van der Waals surface area (Å²) in [5, 5.41) is 17.5. The van der Waals surface area contributed by atoms with Crippen molar-refractivity contribution in [2.24, 2.45) is 0 Å². The maximum atomic E-state index is 11.8. The van der Waals surface area contributed by atoms with Crippen LogP contribution in [0.15, 0.2) is 0 Å². The molecular formula is C9H15O10P. The van der Waals surface area contributed by atoms with Crippen molar-refractivity contribution in [3.63, 3.8) is 0 Å². The summed E-state index contributed by atoms with van der Waals surface area (Å²) in [6.07, 6.45) is -2.35. The summed E-state index contributed by atoms with van der Waals surface area (Å²) in [6, 6.07) is 0. The van der Waals surface area contributed by atoms with Gasteiger partial charge >= 0.3 is 25.7 Å². The fourth-order valence-electron chi connectivity index (χ4n) is 1.32. The van der Waals surface area contributed by atoms with Crippen molar-refractivity contribution in [1.82, 2.24) is 0 Å². The molecule has 0 aromatic rings. The lowest BCUT2D eigenvalue weighted by Gasteiger charge is -2.29. The Balaban J connectivity index is 5.63. The largest absolute Gasteiger partial charge is 0.481 e. The van der Waals surface area contributed by atoms with Gasteiger partial charge in [0, 0.05) is 7.11 Å². The van der Waals surface area contributed by atoms with E-state index in [9.17, 15) is 23.8 Å². The van der Waals surface area contributed by atoms with E-state index in [4.69, 9.17) is 10.2 Å². The minimum absolute atomic E-state index is 0.202. The van der Waals surface area contributed by atoms with Crippen molar-refractivity contribution in [3.05, 3.63) is 0 Å². The van der Waals surface area contributed by atoms with Gasteiger partial charge in [-0.3, -0.25) is 18.6 Å². The summed E-state index contributed by atoms with van der Waals surface area (Å²) in [5.74, 6) is -4.61. The van der Waals surface area contributed by atoms with Gasteiger partial charge in [0.25, 0.3) is 0 Å². The first-order chi connectivity index (χ1) is 9.08. The number of hydrogen-bond donors (Lipinski definition) is 3. The third kappa shape index (κ3) is 5.66. The number of carbonyl (C=O) groups is 3. The zero-order valence-electron chi connectivity index (χ0n) is 10.8. The van der Waals surface area contributed by atoms with Gasteiger partial charge in [0.15, 0.2) is 5.60 Å². The molecule has 1 atom stereocenters. The van der Waals surface area contributed by atoms with Crippen LogP contribution in [0.2, 0.25) is 0 Å². The Morgan fingerprint density at radius 3 is 1.90 bits per heavy atom. The number of ether oxygens (including phenoxy) is 1. The molecule has 116 valence electrons. The van der Waals surface area contributed by atoms with Crippen LogP contribution in [0, 0.1) is 0 Å². The Morgan fingerprint density at radius 2 is 1.60 bits per heavy atom. The highest BCUT2D eigenvalue weighted by molar-refractivity contribution is 7.47. The van der Waals surface area contributed by atoms with Gasteiger partial charge in [0.05, 0.1) is 19.4 Å². The Labute approximate surface area is 113 Å². The molecule has 11 heteroatoms. The van der Waals surface area contributed by atoms with Crippen molar-refractivity contribution < 1.29 is 47.8 Å². The molecule has 0 heterocycles. The van der Waals surface area contributed by atoms with E-state index in [0.717, 1.165) is 7.11 Å². The van der Waals surface area contributed by atoms with Gasteiger partial charge in [-0.15, -0.1) is 0 Å². The normalized spacial score (nSPS) is 14.3. The first-order valence-electron chi connectivity index (χ1n) is 5.28. The smallest absolute Gasteiger partial charge is 0.473 e. The van der Waals surface area contributed by atoms with E-state index in [-0.39, 0.29) is 6.61 Å². The fourth-order valence-corrected chi connectivity index (χ4v) is 2.04. The highest BCUT2D eigenvalue weighted by Crippen LogP contribution is 2.48. The maximum Gasteiger partial charge on any atom is 0.473 e. The van der Waals surface area contributed by atoms with E-state index in [2.05, 4.69) is 13.8 Å². The summed E-state index contributed by atoms with van der Waals surface area (Å²) < 4.78 is 24.5. The number of aliphatic carboxylic acids is 2. The zero-order valence-corrected chi connectivity index (χ0v) is 11.7. The molecule has 0 saturated carbocycles. The van der Waals surface area contributed by atoms with Crippen LogP contribution in [0.25, 0.3) is 0 Å². The van der Waals surface area contributed by atoms with Gasteiger partial charge in [-0.1, -0.05) is 0 Å². The summed E-state index contributed by atoms with van der Waals surface area (Å²) >= 11 is 0. The highest BCUT2D eigenvalue weighted by Gasteiger charge is 2.50. The number of carboxylic acids is 2. The molecule has 0 bridgehead atoms. The van der Waals surface area contributed by atoms with Gasteiger partial charge in [-0.05, 0) is 6.92 Å². The Hall–Kier alpha value is -1.48. The van der Waals surface area contributed by atoms with E-state index in [1.165, 1.54) is 6.92 Å². The second-order valence-electron chi connectivity index (χ2n) is 3.60. The average Bonchev–Trinajstić information content (AvgIpc) is 2.26. The Kier molecular flexibility index (Phi) is 6.80. The molecule has 0 amide bonds. The van der Waals surface area contributed by atoms with Crippen LogP contribution in [-0.2, 0) is 32.7 Å². The number of esters is 1. The molecular weight excluding hydrogens is 299 g/mol. The minimum atomic E-state index is -4.81. The minimum Gasteiger partial charge on any atom is -0.481 e. The highest BCUT2D eigenvalue weighted by atomic mass is 31.2. The number of phosphoric ester groups is 1. The molecule has 0 rings (SSSR count). The summed E-state index contributed by atoms with van der Waals surface area (Å²) in [5.41, 5.74) is -2.66. The van der Waals surface area contributed by atoms with Crippen molar-refractivity contribution in [1.29, 1.82) is 0 Å². The van der Waals surface area contributed by atoms with Crippen molar-refractivity contribution >= 4 is 25.7 Å². The average molecular weight is 314 g/mol. The van der Waals surface area contributed by atoms with Crippen molar-refractivity contribution in [2.45, 2.75) is 25.4 Å². The molecule has 0 radical (unpaired) electrons. The molecule has 0 saturated heterocycles. The Bertz CT molecular complexity index is 414. The predicted molar refractivity (Wildman–Crippen MR) is 61.8 cm³/mol. The van der Waals surface area contributed by atoms with E-state index >= 15 is 0 Å². The second-order valence-corrected chi connectivity index (χ2v) is 5.08. The van der Waals surface area contributed by atoms with E-state index in [1.807, 2.05) is 0 Å². The van der Waals surface area contributed by atoms with Gasteiger partial charge in [0.1, 0.15) is 0 Å². The SMILES string of the molecule is CCOC(=O)C(CC(=O)O)(CC(=O)O)OP(=O)(O)OC. The van der Waals surface area contributed by atoms with Crippen LogP contribution in [0.3, 0.4) is 0 Å². The van der Waals surface area contributed by atoms with Gasteiger partial charge < -0.3 is 19.8 Å². The molecule has 3 N–H and O–H groups in total. The topological polar surface area (TPSA) is 157 Å². The summed E-state index contributed by atoms with van der Waals surface area (Å²) in [6.45, 7) is 1.19. The van der Waals surface area contributed by atoms with Crippen LogP contribution in [0.4, 0.5) is 0 Å². The van der Waals surface area contributed by atoms with Crippen LogP contribution >= 0.6 is 7.82 Å². The molecule has 0 aromatic carbocycles. The summed E-state index contributed by atoms with van der Waals surface area (Å²) in [7, 11) is -4.04. The monoisotopic (exact) mass is 314 g/mol. The lowest BCUT2D eigenvalue weighted by Crippen LogP contribution is -2.46. The van der Waals surface area contributed by atoms with Crippen LogP contribution < -0.4 is 0 Å². The third-order valence-corrected chi connectivity index (χ3v) is 3.08. The second kappa shape index (κ2) is 7.34. The lowest BCUT2D eigenvalue weighted by atomic mass is 9.96. The van der Waals surface area contributed by atoms with Crippen LogP contribution in [-0.4, -0.2) is 52.3 Å². The molecule has 20 heavy (non-hydrogen) atoms. The third-order valence-electron chi connectivity index (χ3n) is 2.04. The molecule has 0 aromatic heterocycles. The molecule has 0 aliphatic rings. The lowest BCUT2D eigenvalue weighted by molar-refractivity contribution is -0.173. The first-order valence-corrected chi connectivity index (χ1v) is 6.78. The number of rotatable bonds is 9. The number of carbonyl (C=O) groups excluding carboxylic acids is 1. The number of phosphoric acid groups is 1. The molecule has 1 unspecified atom stereocenters. The van der Waals surface area contributed by atoms with E-state index < -0.39 is 44.2 Å². The number of carboxylic acid groups (broad SMARTS) is 2. The molecule has 0 fully saturated rings. The summed E-state index contributed by atoms with van der Waals surface area (Å²) in [4.78, 5) is 42.6. The standard InChI is InChI=1S/C9H15O10P/c1-3-18-8(14)9(4-6(10)11,5-7(12)13)19-20(15,16)17-2/h3-5H2,1-2H3,(H,10,11)(H,12,13)(H,15,16). The quantitative estimate of drug-likeness (QED) is 0.391. The fraction of sp³-hybridized carbons (Fsp3) is 0.667. The van der Waals surface area contributed by atoms with Gasteiger partial charge in [-0.2, -0.15) is 0 Å². The van der Waals surface area contributed by atoms with Gasteiger partial charge in [-0.25, -0.2) is 9.36 Å². The molecule has 0 spiro atoms. The zero-order chi connectivity index (χ0) is 16.0. The van der Waals surface area contributed by atoms with Crippen LogP contribution in [0.1, 0.15) is 19.8 Å². The molecule has 10 nitrogen and oxygen atoms in total. The first kappa shape index (κ1) is 18.5. The van der Waals surface area contributed by atoms with Gasteiger partial charge in [0.2, 0.25) is 0 Å². The Morgan fingerprint density at radius 1 is 1.15 bits per heavy atom. The van der Waals surface area contributed by atoms with Crippen molar-refractivity contribution in [2.75, 3.05) is 13.7 Å². The maximum absolute atomic E-state index is 11.8. The molecule has 0 aliphatic carbocycles. The van der Waals surface area contributed by atoms with Crippen molar-refractivity contribution in [3.8, 4) is 0 Å².